The molecule has 0 bridgehead atoms. The molecule has 1 amide bonds. The molecule has 2 rings (SSSR count). The minimum absolute atomic E-state index is 0.162. The van der Waals surface area contributed by atoms with Crippen LogP contribution in [0.25, 0.3) is 11.0 Å². The predicted octanol–water partition coefficient (Wildman–Crippen LogP) is 1.81. The van der Waals surface area contributed by atoms with Gasteiger partial charge in [0.25, 0.3) is 5.91 Å². The number of pyridine rings is 1. The SMILES string of the molecule is CC[C@H](C)[C@H](NC(=O)c1cc(C)nc2c1c(C)nn2C)C(=O)O. The van der Waals surface area contributed by atoms with Crippen LogP contribution in [0, 0.1) is 19.8 Å². The highest BCUT2D eigenvalue weighted by atomic mass is 16.4. The lowest BCUT2D eigenvalue weighted by Gasteiger charge is -2.20. The molecule has 2 atom stereocenters. The van der Waals surface area contributed by atoms with Crippen molar-refractivity contribution < 1.29 is 14.7 Å². The van der Waals surface area contributed by atoms with Crippen molar-refractivity contribution in [3.05, 3.63) is 23.0 Å². The molecule has 0 aromatic carbocycles. The van der Waals surface area contributed by atoms with Crippen molar-refractivity contribution in [3.63, 3.8) is 0 Å². The maximum absolute atomic E-state index is 12.7. The fourth-order valence-corrected chi connectivity index (χ4v) is 2.65. The van der Waals surface area contributed by atoms with Crippen molar-refractivity contribution >= 4 is 22.9 Å². The number of nitrogens with zero attached hydrogens (tertiary/aromatic N) is 3. The Hall–Kier alpha value is -2.44. The predicted molar refractivity (Wildman–Crippen MR) is 86.3 cm³/mol. The van der Waals surface area contributed by atoms with Crippen LogP contribution < -0.4 is 5.32 Å². The zero-order chi connectivity index (χ0) is 17.3. The van der Waals surface area contributed by atoms with Crippen LogP contribution >= 0.6 is 0 Å². The van der Waals surface area contributed by atoms with Crippen molar-refractivity contribution in [1.82, 2.24) is 20.1 Å². The molecule has 124 valence electrons. The molecule has 0 unspecified atom stereocenters. The first kappa shape index (κ1) is 16.9. The molecule has 7 heteroatoms. The first-order valence-electron chi connectivity index (χ1n) is 7.60. The summed E-state index contributed by atoms with van der Waals surface area (Å²) in [5.74, 6) is -1.60. The number of rotatable bonds is 5. The lowest BCUT2D eigenvalue weighted by Crippen LogP contribution is -2.45. The standard InChI is InChI=1S/C16H22N4O3/c1-6-8(2)13(16(22)23)18-15(21)11-7-9(3)17-14-12(11)10(4)19-20(14)5/h7-8,13H,6H2,1-5H3,(H,18,21)(H,22,23)/t8-,13-/m0/s1. The topological polar surface area (TPSA) is 97.1 Å². The number of carbonyl (C=O) groups is 2. The maximum atomic E-state index is 12.7. The summed E-state index contributed by atoms with van der Waals surface area (Å²) in [6.07, 6.45) is 0.661. The highest BCUT2D eigenvalue weighted by molar-refractivity contribution is 6.07. The molecule has 2 aromatic heterocycles. The van der Waals surface area contributed by atoms with Gasteiger partial charge in [-0.2, -0.15) is 5.10 Å². The van der Waals surface area contributed by atoms with Crippen LogP contribution in [0.15, 0.2) is 6.07 Å². The number of hydrogen-bond acceptors (Lipinski definition) is 4. The number of hydrogen-bond donors (Lipinski definition) is 2. The lowest BCUT2D eigenvalue weighted by atomic mass is 9.98. The first-order chi connectivity index (χ1) is 10.8. The van der Waals surface area contributed by atoms with Crippen molar-refractivity contribution in [3.8, 4) is 0 Å². The van der Waals surface area contributed by atoms with Gasteiger partial charge in [-0.25, -0.2) is 9.78 Å². The molecule has 2 N–H and O–H groups in total. The molecule has 0 saturated carbocycles. The van der Waals surface area contributed by atoms with Gasteiger partial charge in [-0.15, -0.1) is 0 Å². The van der Waals surface area contributed by atoms with Crippen LogP contribution in [0.3, 0.4) is 0 Å². The van der Waals surface area contributed by atoms with E-state index in [0.717, 1.165) is 0 Å². The van der Waals surface area contributed by atoms with E-state index in [0.29, 0.717) is 34.4 Å². The summed E-state index contributed by atoms with van der Waals surface area (Å²) in [4.78, 5) is 28.5. The molecule has 23 heavy (non-hydrogen) atoms. The summed E-state index contributed by atoms with van der Waals surface area (Å²) < 4.78 is 1.62. The minimum atomic E-state index is -1.03. The minimum Gasteiger partial charge on any atom is -0.480 e. The Morgan fingerprint density at radius 1 is 1.39 bits per heavy atom. The van der Waals surface area contributed by atoms with Gasteiger partial charge in [0.1, 0.15) is 6.04 Å². The molecule has 0 aliphatic rings. The fraction of sp³-hybridized carbons (Fsp3) is 0.500. The van der Waals surface area contributed by atoms with Gasteiger partial charge in [0.05, 0.1) is 16.6 Å². The average molecular weight is 318 g/mol. The monoisotopic (exact) mass is 318 g/mol. The normalized spacial score (nSPS) is 13.8. The van der Waals surface area contributed by atoms with Gasteiger partial charge in [0.2, 0.25) is 0 Å². The fourth-order valence-electron chi connectivity index (χ4n) is 2.65. The van der Waals surface area contributed by atoms with Gasteiger partial charge in [0, 0.05) is 12.7 Å². The molecule has 0 spiro atoms. The first-order valence-corrected chi connectivity index (χ1v) is 7.60. The van der Waals surface area contributed by atoms with Crippen molar-refractivity contribution in [2.45, 2.75) is 40.2 Å². The van der Waals surface area contributed by atoms with Crippen LogP contribution in [0.5, 0.6) is 0 Å². The Morgan fingerprint density at radius 3 is 2.61 bits per heavy atom. The van der Waals surface area contributed by atoms with Crippen molar-refractivity contribution in [2.75, 3.05) is 0 Å². The third kappa shape index (κ3) is 3.18. The average Bonchev–Trinajstić information content (AvgIpc) is 2.77. The number of aliphatic carboxylic acids is 1. The molecular weight excluding hydrogens is 296 g/mol. The summed E-state index contributed by atoms with van der Waals surface area (Å²) in [6.45, 7) is 7.30. The highest BCUT2D eigenvalue weighted by Crippen LogP contribution is 2.22. The molecule has 0 radical (unpaired) electrons. The highest BCUT2D eigenvalue weighted by Gasteiger charge is 2.27. The molecular formula is C16H22N4O3. The molecule has 0 aliphatic carbocycles. The van der Waals surface area contributed by atoms with Crippen LogP contribution in [0.1, 0.15) is 42.0 Å². The molecule has 0 fully saturated rings. The zero-order valence-corrected chi connectivity index (χ0v) is 14.0. The molecule has 0 saturated heterocycles. The Bertz CT molecular complexity index is 766. The van der Waals surface area contributed by atoms with E-state index < -0.39 is 17.9 Å². The van der Waals surface area contributed by atoms with E-state index in [-0.39, 0.29) is 5.92 Å². The summed E-state index contributed by atoms with van der Waals surface area (Å²) in [5.41, 5.74) is 2.40. The van der Waals surface area contributed by atoms with Gasteiger partial charge in [-0.05, 0) is 25.8 Å². The Balaban J connectivity index is 2.47. The number of aromatic nitrogens is 3. The van der Waals surface area contributed by atoms with E-state index in [9.17, 15) is 14.7 Å². The number of carboxylic acids is 1. The summed E-state index contributed by atoms with van der Waals surface area (Å²) in [7, 11) is 1.77. The second-order valence-corrected chi connectivity index (χ2v) is 5.89. The van der Waals surface area contributed by atoms with Crippen LogP contribution in [0.2, 0.25) is 0 Å². The second-order valence-electron chi connectivity index (χ2n) is 5.89. The quantitative estimate of drug-likeness (QED) is 0.876. The Kier molecular flexibility index (Phi) is 4.68. The number of amides is 1. The number of carbonyl (C=O) groups excluding carboxylic acids is 1. The molecule has 2 aromatic rings. The van der Waals surface area contributed by atoms with Gasteiger partial charge in [-0.1, -0.05) is 20.3 Å². The number of aryl methyl sites for hydroxylation is 3. The third-order valence-corrected chi connectivity index (χ3v) is 4.11. The number of fused-ring (bicyclic) bond motifs is 1. The van der Waals surface area contributed by atoms with E-state index in [1.807, 2.05) is 13.8 Å². The molecule has 7 nitrogen and oxygen atoms in total. The summed E-state index contributed by atoms with van der Waals surface area (Å²) >= 11 is 0. The number of nitrogens with one attached hydrogen (secondary N) is 1. The van der Waals surface area contributed by atoms with E-state index in [4.69, 9.17) is 0 Å². The lowest BCUT2D eigenvalue weighted by molar-refractivity contribution is -0.140. The summed E-state index contributed by atoms with van der Waals surface area (Å²) in [5, 5.41) is 16.9. The number of carboxylic acid groups (broad SMARTS) is 1. The largest absolute Gasteiger partial charge is 0.480 e. The third-order valence-electron chi connectivity index (χ3n) is 4.11. The molecule has 0 aliphatic heterocycles. The van der Waals surface area contributed by atoms with E-state index >= 15 is 0 Å². The van der Waals surface area contributed by atoms with E-state index in [1.165, 1.54) is 0 Å². The van der Waals surface area contributed by atoms with Crippen molar-refractivity contribution in [2.24, 2.45) is 13.0 Å². The Morgan fingerprint density at radius 2 is 2.04 bits per heavy atom. The maximum Gasteiger partial charge on any atom is 0.326 e. The van der Waals surface area contributed by atoms with Crippen LogP contribution in [-0.2, 0) is 11.8 Å². The van der Waals surface area contributed by atoms with Gasteiger partial charge < -0.3 is 10.4 Å². The van der Waals surface area contributed by atoms with Crippen LogP contribution in [-0.4, -0.2) is 37.8 Å². The molecule has 2 heterocycles. The smallest absolute Gasteiger partial charge is 0.326 e. The Labute approximate surface area is 134 Å². The van der Waals surface area contributed by atoms with Gasteiger partial charge in [0.15, 0.2) is 5.65 Å². The zero-order valence-electron chi connectivity index (χ0n) is 14.0. The van der Waals surface area contributed by atoms with Gasteiger partial charge in [-0.3, -0.25) is 9.48 Å². The van der Waals surface area contributed by atoms with Crippen molar-refractivity contribution in [1.29, 1.82) is 0 Å². The van der Waals surface area contributed by atoms with Gasteiger partial charge >= 0.3 is 5.97 Å². The summed E-state index contributed by atoms with van der Waals surface area (Å²) in [6, 6.07) is 0.745. The van der Waals surface area contributed by atoms with Crippen LogP contribution in [0.4, 0.5) is 0 Å². The second kappa shape index (κ2) is 6.36. The van der Waals surface area contributed by atoms with E-state index in [2.05, 4.69) is 15.4 Å². The van der Waals surface area contributed by atoms with E-state index in [1.54, 1.807) is 31.6 Å².